The Morgan fingerprint density at radius 3 is 2.56 bits per heavy atom. The van der Waals surface area contributed by atoms with Crippen LogP contribution in [0.25, 0.3) is 0 Å². The summed E-state index contributed by atoms with van der Waals surface area (Å²) in [5.74, 6) is -0.725. The number of piperazine rings is 1. The van der Waals surface area contributed by atoms with Crippen LogP contribution in [0.3, 0.4) is 0 Å². The minimum Gasteiger partial charge on any atom is -0.375 e. The molecule has 1 aromatic rings. The van der Waals surface area contributed by atoms with Crippen molar-refractivity contribution in [1.82, 2.24) is 15.1 Å². The van der Waals surface area contributed by atoms with Crippen molar-refractivity contribution >= 4 is 23.4 Å². The van der Waals surface area contributed by atoms with Gasteiger partial charge in [-0.15, -0.1) is 0 Å². The van der Waals surface area contributed by atoms with Crippen LogP contribution in [-0.4, -0.2) is 73.1 Å². The summed E-state index contributed by atoms with van der Waals surface area (Å²) in [6, 6.07) is 3.39. The summed E-state index contributed by atoms with van der Waals surface area (Å²) in [6.07, 6.45) is -0.168. The van der Waals surface area contributed by atoms with Gasteiger partial charge >= 0.3 is 0 Å². The average Bonchev–Trinajstić information content (AvgIpc) is 2.61. The van der Waals surface area contributed by atoms with E-state index in [0.29, 0.717) is 39.3 Å². The number of hydrogen-bond acceptors (Lipinski definition) is 4. The Labute approximate surface area is 150 Å². The molecule has 0 bridgehead atoms. The fourth-order valence-corrected chi connectivity index (χ4v) is 3.42. The van der Waals surface area contributed by atoms with Gasteiger partial charge in [-0.2, -0.15) is 0 Å². The van der Waals surface area contributed by atoms with Crippen molar-refractivity contribution in [3.63, 3.8) is 0 Å². The largest absolute Gasteiger partial charge is 0.375 e. The highest BCUT2D eigenvalue weighted by Crippen LogP contribution is 2.20. The third kappa shape index (κ3) is 3.94. The first-order chi connectivity index (χ1) is 12.0. The number of hydrogen-bond donors (Lipinski definition) is 1. The molecule has 2 amide bonds. The molecule has 0 radical (unpaired) electrons. The number of carbonyl (C=O) groups excluding carboxylic acids is 2. The van der Waals surface area contributed by atoms with Gasteiger partial charge in [-0.25, -0.2) is 4.39 Å². The van der Waals surface area contributed by atoms with Crippen LogP contribution in [0.15, 0.2) is 18.2 Å². The first-order valence-corrected chi connectivity index (χ1v) is 8.73. The van der Waals surface area contributed by atoms with Gasteiger partial charge in [0.1, 0.15) is 11.9 Å². The van der Waals surface area contributed by atoms with Crippen molar-refractivity contribution in [1.29, 1.82) is 0 Å². The van der Waals surface area contributed by atoms with Crippen molar-refractivity contribution in [3.8, 4) is 0 Å². The van der Waals surface area contributed by atoms with Gasteiger partial charge in [-0.1, -0.05) is 11.6 Å². The zero-order chi connectivity index (χ0) is 18.0. The quantitative estimate of drug-likeness (QED) is 0.849. The molecule has 2 atom stereocenters. The predicted octanol–water partition coefficient (Wildman–Crippen LogP) is 1.14. The normalized spacial score (nSPS) is 24.3. The summed E-state index contributed by atoms with van der Waals surface area (Å²) in [5.41, 5.74) is 0.277. The van der Waals surface area contributed by atoms with Gasteiger partial charge in [0.25, 0.3) is 5.91 Å². The summed E-state index contributed by atoms with van der Waals surface area (Å²) < 4.78 is 18.7. The van der Waals surface area contributed by atoms with Crippen molar-refractivity contribution in [2.75, 3.05) is 39.3 Å². The SMILES string of the molecule is C[C@H]1OCCN[C@@H]1C(=O)N1CCN(C(=O)c2ccc(F)cc2Cl)CC1. The minimum absolute atomic E-state index is 0.000821. The highest BCUT2D eigenvalue weighted by molar-refractivity contribution is 6.33. The van der Waals surface area contributed by atoms with E-state index in [2.05, 4.69) is 5.32 Å². The lowest BCUT2D eigenvalue weighted by Gasteiger charge is -2.38. The summed E-state index contributed by atoms with van der Waals surface area (Å²) in [4.78, 5) is 28.5. The molecule has 1 N–H and O–H groups in total. The number of amides is 2. The summed E-state index contributed by atoms with van der Waals surface area (Å²) >= 11 is 5.97. The van der Waals surface area contributed by atoms with Crippen LogP contribution in [0.1, 0.15) is 17.3 Å². The molecule has 2 aliphatic heterocycles. The van der Waals surface area contributed by atoms with Crippen LogP contribution in [-0.2, 0) is 9.53 Å². The van der Waals surface area contributed by atoms with E-state index < -0.39 is 5.82 Å². The molecule has 2 fully saturated rings. The third-order valence-corrected chi connectivity index (χ3v) is 4.94. The number of rotatable bonds is 2. The molecule has 0 unspecified atom stereocenters. The zero-order valence-electron chi connectivity index (χ0n) is 14.0. The van der Waals surface area contributed by atoms with Crippen molar-refractivity contribution in [3.05, 3.63) is 34.6 Å². The van der Waals surface area contributed by atoms with Crippen molar-refractivity contribution < 1.29 is 18.7 Å². The maximum atomic E-state index is 13.1. The van der Waals surface area contributed by atoms with Crippen LogP contribution in [0.4, 0.5) is 4.39 Å². The molecule has 136 valence electrons. The molecule has 3 rings (SSSR count). The average molecular weight is 370 g/mol. The number of carbonyl (C=O) groups is 2. The van der Waals surface area contributed by atoms with Crippen molar-refractivity contribution in [2.24, 2.45) is 0 Å². The van der Waals surface area contributed by atoms with Gasteiger partial charge < -0.3 is 19.9 Å². The summed E-state index contributed by atoms with van der Waals surface area (Å²) in [7, 11) is 0. The first-order valence-electron chi connectivity index (χ1n) is 8.35. The Balaban J connectivity index is 1.59. The Kier molecular flexibility index (Phi) is 5.56. The van der Waals surface area contributed by atoms with E-state index in [1.165, 1.54) is 12.1 Å². The monoisotopic (exact) mass is 369 g/mol. The number of ether oxygens (including phenoxy) is 1. The van der Waals surface area contributed by atoms with Gasteiger partial charge in [-0.05, 0) is 25.1 Å². The predicted molar refractivity (Wildman–Crippen MR) is 91.1 cm³/mol. The van der Waals surface area contributed by atoms with E-state index in [1.807, 2.05) is 6.92 Å². The topological polar surface area (TPSA) is 61.9 Å². The Morgan fingerprint density at radius 1 is 1.24 bits per heavy atom. The van der Waals surface area contributed by atoms with Crippen LogP contribution < -0.4 is 5.32 Å². The lowest BCUT2D eigenvalue weighted by atomic mass is 10.1. The van der Waals surface area contributed by atoms with Crippen LogP contribution >= 0.6 is 11.6 Å². The number of benzene rings is 1. The lowest BCUT2D eigenvalue weighted by Crippen LogP contribution is -2.60. The Morgan fingerprint density at radius 2 is 1.92 bits per heavy atom. The van der Waals surface area contributed by atoms with Crippen LogP contribution in [0.5, 0.6) is 0 Å². The van der Waals surface area contributed by atoms with E-state index in [9.17, 15) is 14.0 Å². The van der Waals surface area contributed by atoms with Gasteiger partial charge in [0, 0.05) is 32.7 Å². The molecule has 6 nitrogen and oxygen atoms in total. The molecular formula is C17H21ClFN3O3. The molecule has 2 heterocycles. The van der Waals surface area contributed by atoms with E-state index in [4.69, 9.17) is 16.3 Å². The fraction of sp³-hybridized carbons (Fsp3) is 0.529. The number of nitrogens with one attached hydrogen (secondary N) is 1. The highest BCUT2D eigenvalue weighted by atomic mass is 35.5. The Bertz CT molecular complexity index is 665. The molecular weight excluding hydrogens is 349 g/mol. The van der Waals surface area contributed by atoms with E-state index in [1.54, 1.807) is 9.80 Å². The molecule has 0 aliphatic carbocycles. The molecule has 0 spiro atoms. The standard InChI is InChI=1S/C17H21ClFN3O3/c1-11-15(20-4-9-25-11)17(24)22-7-5-21(6-8-22)16(23)13-3-2-12(19)10-14(13)18/h2-3,10-11,15,20H,4-9H2,1H3/t11-,15+/m1/s1. The summed E-state index contributed by atoms with van der Waals surface area (Å²) in [5, 5.41) is 3.29. The Hall–Kier alpha value is -1.70. The highest BCUT2D eigenvalue weighted by Gasteiger charge is 2.34. The third-order valence-electron chi connectivity index (χ3n) is 4.62. The first kappa shape index (κ1) is 18.1. The van der Waals surface area contributed by atoms with Crippen molar-refractivity contribution in [2.45, 2.75) is 19.1 Å². The molecule has 0 saturated carbocycles. The van der Waals surface area contributed by atoms with E-state index in [0.717, 1.165) is 6.07 Å². The van der Waals surface area contributed by atoms with Crippen LogP contribution in [0.2, 0.25) is 5.02 Å². The van der Waals surface area contributed by atoms with Crippen LogP contribution in [0, 0.1) is 5.82 Å². The zero-order valence-corrected chi connectivity index (χ0v) is 14.8. The smallest absolute Gasteiger partial charge is 0.255 e. The molecule has 2 aliphatic rings. The number of halogens is 2. The second-order valence-electron chi connectivity index (χ2n) is 6.25. The molecule has 1 aromatic carbocycles. The number of morpholine rings is 1. The molecule has 8 heteroatoms. The van der Waals surface area contributed by atoms with Gasteiger partial charge in [0.2, 0.25) is 5.91 Å². The molecule has 0 aromatic heterocycles. The lowest BCUT2D eigenvalue weighted by molar-refractivity contribution is -0.140. The van der Waals surface area contributed by atoms with Gasteiger partial charge in [-0.3, -0.25) is 9.59 Å². The number of nitrogens with zero attached hydrogens (tertiary/aromatic N) is 2. The second kappa shape index (κ2) is 7.68. The minimum atomic E-state index is -0.478. The molecule has 25 heavy (non-hydrogen) atoms. The van der Waals surface area contributed by atoms with E-state index >= 15 is 0 Å². The maximum absolute atomic E-state index is 13.1. The second-order valence-corrected chi connectivity index (χ2v) is 6.66. The van der Waals surface area contributed by atoms with Gasteiger partial charge in [0.15, 0.2) is 0 Å². The van der Waals surface area contributed by atoms with Gasteiger partial charge in [0.05, 0.1) is 23.3 Å². The van der Waals surface area contributed by atoms with E-state index in [-0.39, 0.29) is 34.5 Å². The molecule has 2 saturated heterocycles. The fourth-order valence-electron chi connectivity index (χ4n) is 3.17. The summed E-state index contributed by atoms with van der Waals surface area (Å²) in [6.45, 7) is 4.88. The maximum Gasteiger partial charge on any atom is 0.255 e.